The normalized spacial score (nSPS) is 10.7. The molecule has 55 valence electrons. The van der Waals surface area contributed by atoms with Gasteiger partial charge in [-0.1, -0.05) is 20.8 Å². The maximum absolute atomic E-state index is 5.30. The van der Waals surface area contributed by atoms with Crippen LogP contribution in [-0.2, 0) is 4.74 Å². The van der Waals surface area contributed by atoms with Crippen LogP contribution in [0.25, 0.3) is 0 Å². The maximum Gasteiger partial charge on any atom is 0.0525 e. The minimum atomic E-state index is 0.852. The van der Waals surface area contributed by atoms with Crippen LogP contribution in [0.2, 0.25) is 0 Å². The molecule has 9 heavy (non-hydrogen) atoms. The van der Waals surface area contributed by atoms with E-state index in [1.165, 1.54) is 5.92 Å². The van der Waals surface area contributed by atoms with E-state index in [1.807, 2.05) is 0 Å². The Balaban J connectivity index is 2.88. The lowest BCUT2D eigenvalue weighted by Gasteiger charge is -2.06. The van der Waals surface area contributed by atoms with Crippen LogP contribution in [0.1, 0.15) is 33.6 Å². The van der Waals surface area contributed by atoms with Gasteiger partial charge < -0.3 is 4.74 Å². The molecular weight excluding hydrogens is 112 g/mol. The third kappa shape index (κ3) is 5.84. The molecule has 1 heteroatoms. The lowest BCUT2D eigenvalue weighted by molar-refractivity contribution is 0.143. The van der Waals surface area contributed by atoms with Gasteiger partial charge in [-0.15, -0.1) is 0 Å². The monoisotopic (exact) mass is 129 g/mol. The fourth-order valence-electron chi connectivity index (χ4n) is 0.493. The molecule has 0 saturated carbocycles. The summed E-state index contributed by atoms with van der Waals surface area (Å²) in [5, 5.41) is 0. The van der Waals surface area contributed by atoms with Crippen LogP contribution >= 0.6 is 0 Å². The van der Waals surface area contributed by atoms with Crippen LogP contribution in [-0.4, -0.2) is 13.2 Å². The fourth-order valence-corrected chi connectivity index (χ4v) is 0.493. The van der Waals surface area contributed by atoms with Gasteiger partial charge in [-0.05, 0) is 18.8 Å². The zero-order valence-electron chi connectivity index (χ0n) is 6.74. The van der Waals surface area contributed by atoms with Crippen molar-refractivity contribution >= 4 is 0 Å². The molecule has 0 atom stereocenters. The summed E-state index contributed by atoms with van der Waals surface area (Å²) < 4.78 is 5.30. The van der Waals surface area contributed by atoms with Crippen LogP contribution < -0.4 is 0 Å². The van der Waals surface area contributed by atoms with E-state index in [1.54, 1.807) is 0 Å². The van der Waals surface area contributed by atoms with Crippen LogP contribution in [0.4, 0.5) is 0 Å². The molecule has 0 amide bonds. The molecule has 0 fully saturated rings. The highest BCUT2D eigenvalue weighted by molar-refractivity contribution is 4.80. The fraction of sp³-hybridized carbons (Fsp3) is 0.875. The van der Waals surface area contributed by atoms with Gasteiger partial charge in [-0.25, -0.2) is 0 Å². The Bertz CT molecular complexity index is 52.5. The standard InChI is InChI=1S/C8H17O/c1-4-6-9-7-8(3)5-2/h4-7H2,1-3H3. The summed E-state index contributed by atoms with van der Waals surface area (Å²) in [6, 6.07) is 0. The topological polar surface area (TPSA) is 9.23 Å². The second-order valence-corrected chi connectivity index (χ2v) is 2.36. The van der Waals surface area contributed by atoms with Gasteiger partial charge in [-0.3, -0.25) is 0 Å². The van der Waals surface area contributed by atoms with Gasteiger partial charge in [0.05, 0.1) is 6.61 Å². The molecule has 0 aliphatic carbocycles. The largest absolute Gasteiger partial charge is 0.381 e. The first kappa shape index (κ1) is 8.96. The number of hydrogen-bond acceptors (Lipinski definition) is 1. The molecule has 0 aliphatic heterocycles. The summed E-state index contributed by atoms with van der Waals surface area (Å²) in [6.45, 7) is 8.17. The highest BCUT2D eigenvalue weighted by Gasteiger charge is 1.96. The van der Waals surface area contributed by atoms with E-state index in [0.29, 0.717) is 0 Å². The summed E-state index contributed by atoms with van der Waals surface area (Å²) in [6.07, 6.45) is 2.26. The lowest BCUT2D eigenvalue weighted by Crippen LogP contribution is -2.02. The Morgan fingerprint density at radius 2 is 2.00 bits per heavy atom. The zero-order valence-corrected chi connectivity index (χ0v) is 6.74. The molecule has 1 radical (unpaired) electrons. The van der Waals surface area contributed by atoms with Crippen molar-refractivity contribution in [2.75, 3.05) is 13.2 Å². The number of ether oxygens (including phenoxy) is 1. The van der Waals surface area contributed by atoms with Gasteiger partial charge in [0.2, 0.25) is 0 Å². The first-order chi connectivity index (χ1) is 4.31. The van der Waals surface area contributed by atoms with Crippen molar-refractivity contribution < 1.29 is 4.74 Å². The van der Waals surface area contributed by atoms with Crippen LogP contribution in [0.5, 0.6) is 0 Å². The first-order valence-electron chi connectivity index (χ1n) is 3.70. The van der Waals surface area contributed by atoms with Crippen molar-refractivity contribution in [1.82, 2.24) is 0 Å². The van der Waals surface area contributed by atoms with Crippen molar-refractivity contribution in [2.24, 2.45) is 0 Å². The predicted molar refractivity (Wildman–Crippen MR) is 40.3 cm³/mol. The van der Waals surface area contributed by atoms with Crippen LogP contribution in [0, 0.1) is 5.92 Å². The number of rotatable bonds is 5. The molecule has 0 N–H and O–H groups in total. The molecule has 0 aromatic rings. The molecule has 0 rings (SSSR count). The summed E-state index contributed by atoms with van der Waals surface area (Å²) in [7, 11) is 0. The Kier molecular flexibility index (Phi) is 6.06. The summed E-state index contributed by atoms with van der Waals surface area (Å²) in [5.74, 6) is 1.43. The molecular formula is C8H17O. The van der Waals surface area contributed by atoms with Crippen LogP contribution in [0.15, 0.2) is 0 Å². The highest BCUT2D eigenvalue weighted by Crippen LogP contribution is 2.02. The Labute approximate surface area is 58.4 Å². The van der Waals surface area contributed by atoms with E-state index >= 15 is 0 Å². The lowest BCUT2D eigenvalue weighted by atomic mass is 10.1. The van der Waals surface area contributed by atoms with Crippen LogP contribution in [0.3, 0.4) is 0 Å². The average molecular weight is 129 g/mol. The first-order valence-corrected chi connectivity index (χ1v) is 3.70. The summed E-state index contributed by atoms with van der Waals surface area (Å²) >= 11 is 0. The van der Waals surface area contributed by atoms with Crippen molar-refractivity contribution in [1.29, 1.82) is 0 Å². The van der Waals surface area contributed by atoms with Crippen molar-refractivity contribution in [3.05, 3.63) is 5.92 Å². The van der Waals surface area contributed by atoms with Gasteiger partial charge in [0.1, 0.15) is 0 Å². The molecule has 0 heterocycles. The molecule has 0 aromatic carbocycles. The molecule has 0 aliphatic rings. The van der Waals surface area contributed by atoms with E-state index in [2.05, 4.69) is 20.8 Å². The Hall–Kier alpha value is -0.0400. The number of hydrogen-bond donors (Lipinski definition) is 0. The van der Waals surface area contributed by atoms with Gasteiger partial charge in [0.15, 0.2) is 0 Å². The van der Waals surface area contributed by atoms with E-state index in [4.69, 9.17) is 4.74 Å². The smallest absolute Gasteiger partial charge is 0.0525 e. The minimum absolute atomic E-state index is 0.852. The molecule has 1 nitrogen and oxygen atoms in total. The Morgan fingerprint density at radius 1 is 1.33 bits per heavy atom. The van der Waals surface area contributed by atoms with Gasteiger partial charge in [0.25, 0.3) is 0 Å². The second-order valence-electron chi connectivity index (χ2n) is 2.36. The molecule has 0 aromatic heterocycles. The molecule has 0 bridgehead atoms. The third-order valence-electron chi connectivity index (χ3n) is 1.30. The predicted octanol–water partition coefficient (Wildman–Crippen LogP) is 2.42. The van der Waals surface area contributed by atoms with E-state index in [0.717, 1.165) is 26.1 Å². The quantitative estimate of drug-likeness (QED) is 0.518. The second kappa shape index (κ2) is 6.09. The van der Waals surface area contributed by atoms with Crippen molar-refractivity contribution in [2.45, 2.75) is 33.6 Å². The van der Waals surface area contributed by atoms with Crippen molar-refractivity contribution in [3.8, 4) is 0 Å². The van der Waals surface area contributed by atoms with Gasteiger partial charge in [0, 0.05) is 6.61 Å². The molecule has 0 spiro atoms. The average Bonchev–Trinajstić information content (AvgIpc) is 1.89. The van der Waals surface area contributed by atoms with Gasteiger partial charge in [-0.2, -0.15) is 0 Å². The van der Waals surface area contributed by atoms with E-state index in [-0.39, 0.29) is 0 Å². The maximum atomic E-state index is 5.30. The molecule has 0 unspecified atom stereocenters. The van der Waals surface area contributed by atoms with E-state index in [9.17, 15) is 0 Å². The third-order valence-corrected chi connectivity index (χ3v) is 1.30. The van der Waals surface area contributed by atoms with E-state index < -0.39 is 0 Å². The molecule has 0 saturated heterocycles. The highest BCUT2D eigenvalue weighted by atomic mass is 16.5. The SMILES string of the molecule is CCCOC[C](C)CC. The summed E-state index contributed by atoms with van der Waals surface area (Å²) in [5.41, 5.74) is 0. The minimum Gasteiger partial charge on any atom is -0.381 e. The summed E-state index contributed by atoms with van der Waals surface area (Å²) in [4.78, 5) is 0. The van der Waals surface area contributed by atoms with Crippen molar-refractivity contribution in [3.63, 3.8) is 0 Å². The Morgan fingerprint density at radius 3 is 2.44 bits per heavy atom. The zero-order chi connectivity index (χ0) is 7.11. The van der Waals surface area contributed by atoms with Gasteiger partial charge >= 0.3 is 0 Å².